The number of benzene rings is 2. The van der Waals surface area contributed by atoms with Crippen molar-refractivity contribution < 1.29 is 9.47 Å². The average Bonchev–Trinajstić information content (AvgIpc) is 3.35. The van der Waals surface area contributed by atoms with Crippen LogP contribution in [0.4, 0.5) is 0 Å². The van der Waals surface area contributed by atoms with E-state index in [0.717, 1.165) is 38.8 Å². The smallest absolute Gasteiger partial charge is 0.178 e. The number of hydrogen-bond acceptors (Lipinski definition) is 3. The maximum atomic E-state index is 5.75. The molecule has 0 atom stereocenters. The Labute approximate surface area is 164 Å². The maximum absolute atomic E-state index is 5.75. The number of hydrogen-bond donors (Lipinski definition) is 1. The van der Waals surface area contributed by atoms with Gasteiger partial charge in [0.25, 0.3) is 0 Å². The first-order valence-electron chi connectivity index (χ1n) is 9.34. The Morgan fingerprint density at radius 1 is 0.852 bits per heavy atom. The van der Waals surface area contributed by atoms with E-state index < -0.39 is 0 Å². The monoisotopic (exact) mass is 380 g/mol. The van der Waals surface area contributed by atoms with Crippen LogP contribution in [0.5, 0.6) is 11.5 Å². The fourth-order valence-electron chi connectivity index (χ4n) is 3.96. The summed E-state index contributed by atoms with van der Waals surface area (Å²) >= 11 is 5.75. The van der Waals surface area contributed by atoms with Crippen molar-refractivity contribution in [2.24, 2.45) is 0 Å². The number of H-pyrrole nitrogens is 1. The maximum Gasteiger partial charge on any atom is 0.178 e. The third-order valence-corrected chi connectivity index (χ3v) is 5.66. The second-order valence-corrected chi connectivity index (χ2v) is 7.31. The van der Waals surface area contributed by atoms with Gasteiger partial charge in [-0.25, -0.2) is 0 Å². The van der Waals surface area contributed by atoms with Crippen molar-refractivity contribution in [2.45, 2.75) is 31.7 Å². The summed E-state index contributed by atoms with van der Waals surface area (Å²) in [5, 5.41) is 0. The van der Waals surface area contributed by atoms with Gasteiger partial charge >= 0.3 is 0 Å². The third kappa shape index (κ3) is 3.39. The molecular formula is C22H24N2O2S. The van der Waals surface area contributed by atoms with Crippen molar-refractivity contribution in [1.29, 1.82) is 0 Å². The van der Waals surface area contributed by atoms with Crippen molar-refractivity contribution in [3.8, 4) is 34.0 Å². The molecule has 5 heteroatoms. The number of methoxy groups -OCH3 is 2. The topological polar surface area (TPSA) is 39.2 Å². The molecule has 1 aliphatic rings. The molecule has 0 unspecified atom stereocenters. The predicted molar refractivity (Wildman–Crippen MR) is 111 cm³/mol. The standard InChI is InChI=1S/C22H24N2O2S/c1-25-18-11-7-15(8-12-18)20-21(16-9-13-19(26-2)14-10-16)24(22(27)23-20)17-5-3-4-6-17/h7-14,17H,3-6H2,1-2H3,(H,23,27). The molecule has 1 fully saturated rings. The normalized spacial score (nSPS) is 14.4. The number of ether oxygens (including phenoxy) is 2. The predicted octanol–water partition coefficient (Wildman–Crippen LogP) is 6.01. The molecule has 4 rings (SSSR count). The number of nitrogens with zero attached hydrogens (tertiary/aromatic N) is 1. The minimum atomic E-state index is 0.456. The molecule has 140 valence electrons. The largest absolute Gasteiger partial charge is 0.497 e. The molecule has 3 aromatic rings. The fraction of sp³-hybridized carbons (Fsp3) is 0.318. The molecule has 0 amide bonds. The van der Waals surface area contributed by atoms with E-state index in [9.17, 15) is 0 Å². The van der Waals surface area contributed by atoms with Crippen molar-refractivity contribution in [2.75, 3.05) is 14.2 Å². The summed E-state index contributed by atoms with van der Waals surface area (Å²) in [6.45, 7) is 0. The molecule has 0 saturated heterocycles. The molecule has 0 bridgehead atoms. The molecule has 0 radical (unpaired) electrons. The van der Waals surface area contributed by atoms with Crippen LogP contribution in [0, 0.1) is 4.77 Å². The van der Waals surface area contributed by atoms with E-state index in [4.69, 9.17) is 21.7 Å². The van der Waals surface area contributed by atoms with Crippen LogP contribution in [-0.2, 0) is 0 Å². The van der Waals surface area contributed by atoms with Gasteiger partial charge < -0.3 is 19.0 Å². The number of imidazole rings is 1. The highest BCUT2D eigenvalue weighted by Crippen LogP contribution is 2.39. The fourth-order valence-corrected chi connectivity index (χ4v) is 4.30. The van der Waals surface area contributed by atoms with Gasteiger partial charge in [-0.3, -0.25) is 0 Å². The van der Waals surface area contributed by atoms with Crippen molar-refractivity contribution >= 4 is 12.2 Å². The first kappa shape index (κ1) is 17.9. The van der Waals surface area contributed by atoms with Crippen LogP contribution < -0.4 is 9.47 Å². The highest BCUT2D eigenvalue weighted by Gasteiger charge is 2.24. The lowest BCUT2D eigenvalue weighted by atomic mass is 10.0. The van der Waals surface area contributed by atoms with Gasteiger partial charge in [0, 0.05) is 17.2 Å². The first-order chi connectivity index (χ1) is 13.2. The van der Waals surface area contributed by atoms with Gasteiger partial charge in [-0.05, 0) is 73.6 Å². The zero-order valence-electron chi connectivity index (χ0n) is 15.7. The van der Waals surface area contributed by atoms with Crippen LogP contribution in [0.1, 0.15) is 31.7 Å². The van der Waals surface area contributed by atoms with Gasteiger partial charge in [0.2, 0.25) is 0 Å². The summed E-state index contributed by atoms with van der Waals surface area (Å²) in [6, 6.07) is 16.8. The number of rotatable bonds is 5. The molecule has 4 nitrogen and oxygen atoms in total. The number of nitrogens with one attached hydrogen (secondary N) is 1. The number of aromatic amines is 1. The molecule has 0 spiro atoms. The molecule has 1 saturated carbocycles. The zero-order valence-corrected chi connectivity index (χ0v) is 16.5. The lowest BCUT2D eigenvalue weighted by molar-refractivity contribution is 0.414. The molecule has 1 N–H and O–H groups in total. The summed E-state index contributed by atoms with van der Waals surface area (Å²) in [5.41, 5.74) is 4.45. The summed E-state index contributed by atoms with van der Waals surface area (Å²) in [6.07, 6.45) is 4.88. The lowest BCUT2D eigenvalue weighted by Gasteiger charge is -2.17. The Kier molecular flexibility index (Phi) is 5.03. The molecule has 2 aromatic carbocycles. The van der Waals surface area contributed by atoms with E-state index in [1.165, 1.54) is 25.7 Å². The minimum Gasteiger partial charge on any atom is -0.497 e. The summed E-state index contributed by atoms with van der Waals surface area (Å²) < 4.78 is 13.8. The van der Waals surface area contributed by atoms with Gasteiger partial charge in [0.1, 0.15) is 11.5 Å². The molecular weight excluding hydrogens is 356 g/mol. The number of aromatic nitrogens is 2. The quantitative estimate of drug-likeness (QED) is 0.551. The lowest BCUT2D eigenvalue weighted by Crippen LogP contribution is -2.06. The van der Waals surface area contributed by atoms with Crippen molar-refractivity contribution in [1.82, 2.24) is 9.55 Å². The van der Waals surface area contributed by atoms with Crippen LogP contribution >= 0.6 is 12.2 Å². The van der Waals surface area contributed by atoms with E-state index in [2.05, 4.69) is 33.8 Å². The second-order valence-electron chi connectivity index (χ2n) is 6.92. The molecule has 1 aliphatic carbocycles. The van der Waals surface area contributed by atoms with Crippen LogP contribution in [0.25, 0.3) is 22.5 Å². The van der Waals surface area contributed by atoms with E-state index in [1.807, 2.05) is 24.3 Å². The highest BCUT2D eigenvalue weighted by atomic mass is 32.1. The van der Waals surface area contributed by atoms with Gasteiger partial charge in [-0.15, -0.1) is 0 Å². The molecule has 0 aliphatic heterocycles. The Morgan fingerprint density at radius 3 is 1.89 bits per heavy atom. The Bertz CT molecular complexity index is 965. The van der Waals surface area contributed by atoms with E-state index in [0.29, 0.717) is 6.04 Å². The first-order valence-corrected chi connectivity index (χ1v) is 9.75. The van der Waals surface area contributed by atoms with E-state index >= 15 is 0 Å². The SMILES string of the molecule is COc1ccc(-c2[nH]c(=S)n(C3CCCC3)c2-c2ccc(OC)cc2)cc1. The van der Waals surface area contributed by atoms with Crippen LogP contribution in [0.15, 0.2) is 48.5 Å². The molecule has 27 heavy (non-hydrogen) atoms. The minimum absolute atomic E-state index is 0.456. The second kappa shape index (κ2) is 7.61. The van der Waals surface area contributed by atoms with Crippen molar-refractivity contribution in [3.05, 3.63) is 53.3 Å². The zero-order chi connectivity index (χ0) is 18.8. The summed E-state index contributed by atoms with van der Waals surface area (Å²) in [4.78, 5) is 3.48. The third-order valence-electron chi connectivity index (χ3n) is 5.36. The highest BCUT2D eigenvalue weighted by molar-refractivity contribution is 7.71. The molecule has 1 heterocycles. The summed E-state index contributed by atoms with van der Waals surface area (Å²) in [7, 11) is 3.37. The summed E-state index contributed by atoms with van der Waals surface area (Å²) in [5.74, 6) is 1.70. The van der Waals surface area contributed by atoms with Gasteiger partial charge in [0.05, 0.1) is 25.6 Å². The van der Waals surface area contributed by atoms with Crippen molar-refractivity contribution in [3.63, 3.8) is 0 Å². The van der Waals surface area contributed by atoms with Gasteiger partial charge in [-0.2, -0.15) is 0 Å². The molecule has 1 aromatic heterocycles. The Morgan fingerprint density at radius 2 is 1.37 bits per heavy atom. The Hall–Kier alpha value is -2.53. The van der Waals surface area contributed by atoms with Crippen LogP contribution in [-0.4, -0.2) is 23.8 Å². The van der Waals surface area contributed by atoms with Crippen LogP contribution in [0.2, 0.25) is 0 Å². The Balaban J connectivity index is 1.89. The van der Waals surface area contributed by atoms with Gasteiger partial charge in [-0.1, -0.05) is 12.8 Å². The van der Waals surface area contributed by atoms with Gasteiger partial charge in [0.15, 0.2) is 4.77 Å². The van der Waals surface area contributed by atoms with Crippen LogP contribution in [0.3, 0.4) is 0 Å². The van der Waals surface area contributed by atoms with E-state index in [1.54, 1.807) is 14.2 Å². The van der Waals surface area contributed by atoms with E-state index in [-0.39, 0.29) is 0 Å². The average molecular weight is 381 g/mol.